The van der Waals surface area contributed by atoms with Gasteiger partial charge in [0.2, 0.25) is 10.0 Å². The van der Waals surface area contributed by atoms with E-state index in [-0.39, 0.29) is 18.4 Å². The number of rotatable bonds is 7. The normalized spacial score (nSPS) is 21.1. The largest absolute Gasteiger partial charge is 0.377 e. The third kappa shape index (κ3) is 5.02. The van der Waals surface area contributed by atoms with Gasteiger partial charge in [0.15, 0.2) is 5.82 Å². The zero-order valence-corrected chi connectivity index (χ0v) is 21.3. The fraction of sp³-hybridized carbons (Fsp3) is 0.462. The van der Waals surface area contributed by atoms with Crippen LogP contribution in [-0.2, 0) is 27.9 Å². The van der Waals surface area contributed by atoms with Crippen LogP contribution < -0.4 is 4.90 Å². The second kappa shape index (κ2) is 10.7. The van der Waals surface area contributed by atoms with Crippen molar-refractivity contribution in [1.29, 1.82) is 0 Å². The fourth-order valence-corrected chi connectivity index (χ4v) is 7.37. The Bertz CT molecular complexity index is 1280. The molecule has 8 nitrogen and oxygen atoms in total. The number of anilines is 1. The summed E-state index contributed by atoms with van der Waals surface area (Å²) in [6.07, 6.45) is 4.88. The van der Waals surface area contributed by atoms with Gasteiger partial charge in [0.05, 0.1) is 0 Å². The lowest BCUT2D eigenvalue weighted by molar-refractivity contribution is 0.170. The Balaban J connectivity index is 1.25. The molecule has 10 heteroatoms. The highest BCUT2D eigenvalue weighted by atomic mass is 32.2. The topological polar surface area (TPSA) is 80.6 Å². The highest BCUT2D eigenvalue weighted by molar-refractivity contribution is 7.89. The molecule has 0 aliphatic carbocycles. The number of hydrogen-bond acceptors (Lipinski definition) is 6. The third-order valence-corrected chi connectivity index (χ3v) is 9.55. The molecule has 36 heavy (non-hydrogen) atoms. The Kier molecular flexibility index (Phi) is 7.36. The predicted molar refractivity (Wildman–Crippen MR) is 135 cm³/mol. The Morgan fingerprint density at radius 2 is 1.83 bits per heavy atom. The number of methoxy groups -OCH3 is 1. The number of ether oxygens (including phenoxy) is 1. The van der Waals surface area contributed by atoms with Crippen LogP contribution in [0.15, 0.2) is 54.9 Å². The van der Waals surface area contributed by atoms with Crippen molar-refractivity contribution in [3.63, 3.8) is 0 Å². The van der Waals surface area contributed by atoms with E-state index in [0.29, 0.717) is 25.1 Å². The van der Waals surface area contributed by atoms with E-state index in [0.717, 1.165) is 49.4 Å². The summed E-state index contributed by atoms with van der Waals surface area (Å²) in [6.45, 7) is 2.46. The van der Waals surface area contributed by atoms with Gasteiger partial charge < -0.3 is 14.2 Å². The number of benzene rings is 2. The van der Waals surface area contributed by atoms with Crippen LogP contribution in [0, 0.1) is 5.82 Å². The average molecular weight is 514 g/mol. The van der Waals surface area contributed by atoms with E-state index in [2.05, 4.69) is 19.7 Å². The molecule has 3 aromatic rings. The molecule has 0 N–H and O–H groups in total. The molecule has 2 fully saturated rings. The maximum atomic E-state index is 15.2. The van der Waals surface area contributed by atoms with Gasteiger partial charge in [-0.3, -0.25) is 0 Å². The van der Waals surface area contributed by atoms with Gasteiger partial charge in [-0.15, -0.1) is 10.2 Å². The fourth-order valence-electron chi connectivity index (χ4n) is 5.34. The predicted octanol–water partition coefficient (Wildman–Crippen LogP) is 4.07. The molecule has 5 rings (SSSR count). The molecule has 0 spiro atoms. The molecule has 2 aliphatic heterocycles. The van der Waals surface area contributed by atoms with E-state index in [1.165, 1.54) is 10.4 Å². The number of piperidine rings is 1. The zero-order valence-electron chi connectivity index (χ0n) is 20.5. The van der Waals surface area contributed by atoms with E-state index in [1.807, 2.05) is 36.4 Å². The number of aromatic nitrogens is 3. The summed E-state index contributed by atoms with van der Waals surface area (Å²) >= 11 is 0. The molecule has 2 saturated heterocycles. The molecular formula is C26H32FN5O3S. The minimum atomic E-state index is -3.56. The summed E-state index contributed by atoms with van der Waals surface area (Å²) in [5.41, 5.74) is 2.01. The number of sulfonamides is 1. The Hall–Kier alpha value is -2.82. The van der Waals surface area contributed by atoms with E-state index >= 15 is 4.39 Å². The van der Waals surface area contributed by atoms with Crippen molar-refractivity contribution in [2.45, 2.75) is 50.1 Å². The lowest BCUT2D eigenvalue weighted by Crippen LogP contribution is -2.39. The molecule has 2 aromatic carbocycles. The standard InChI is InChI=1S/C26H32FN5O3S/c1-35-18-26-29-28-19-32(26)22-11-14-30(15-12-22)23-10-9-21(24(27)16-23)17-31-13-5-8-25(36(31,33)34)20-6-3-2-4-7-20/h2-4,6-7,9-10,16,19,22,25H,5,8,11-15,17-18H2,1H3. The van der Waals surface area contributed by atoms with Gasteiger partial charge in [-0.2, -0.15) is 4.31 Å². The Morgan fingerprint density at radius 3 is 2.56 bits per heavy atom. The van der Waals surface area contributed by atoms with Crippen LogP contribution in [0.4, 0.5) is 10.1 Å². The summed E-state index contributed by atoms with van der Waals surface area (Å²) in [6, 6.07) is 14.8. The van der Waals surface area contributed by atoms with Crippen molar-refractivity contribution >= 4 is 15.7 Å². The van der Waals surface area contributed by atoms with E-state index in [1.54, 1.807) is 19.5 Å². The highest BCUT2D eigenvalue weighted by Gasteiger charge is 2.37. The van der Waals surface area contributed by atoms with E-state index < -0.39 is 15.3 Å². The SMILES string of the molecule is COCc1nncn1C1CCN(c2ccc(CN3CCCC(c4ccccc4)S3(=O)=O)c(F)c2)CC1. The minimum absolute atomic E-state index is 0.0513. The summed E-state index contributed by atoms with van der Waals surface area (Å²) in [5, 5.41) is 7.58. The molecule has 0 saturated carbocycles. The van der Waals surface area contributed by atoms with Crippen molar-refractivity contribution in [2.75, 3.05) is 31.6 Å². The first-order valence-electron chi connectivity index (χ1n) is 12.4. The van der Waals surface area contributed by atoms with Gasteiger partial charge >= 0.3 is 0 Å². The van der Waals surface area contributed by atoms with Crippen molar-refractivity contribution in [2.24, 2.45) is 0 Å². The smallest absolute Gasteiger partial charge is 0.221 e. The van der Waals surface area contributed by atoms with E-state index in [4.69, 9.17) is 4.74 Å². The van der Waals surface area contributed by atoms with Crippen LogP contribution >= 0.6 is 0 Å². The number of nitrogens with zero attached hydrogens (tertiary/aromatic N) is 5. The quantitative estimate of drug-likeness (QED) is 0.474. The molecule has 2 aliphatic rings. The van der Waals surface area contributed by atoms with Crippen molar-refractivity contribution in [3.05, 3.63) is 77.6 Å². The van der Waals surface area contributed by atoms with Crippen LogP contribution in [0.1, 0.15) is 53.9 Å². The summed E-state index contributed by atoms with van der Waals surface area (Å²) in [5.74, 6) is 0.446. The first kappa shape index (κ1) is 24.9. The maximum absolute atomic E-state index is 15.2. The molecule has 0 amide bonds. The Morgan fingerprint density at radius 1 is 1.06 bits per heavy atom. The van der Waals surface area contributed by atoms with Crippen LogP contribution in [-0.4, -0.2) is 54.2 Å². The Labute approximate surface area is 211 Å². The molecule has 0 bridgehead atoms. The van der Waals surface area contributed by atoms with Gasteiger partial charge in [0.1, 0.15) is 24.0 Å². The highest BCUT2D eigenvalue weighted by Crippen LogP contribution is 2.36. The summed E-state index contributed by atoms with van der Waals surface area (Å²) in [7, 11) is -1.92. The van der Waals surface area contributed by atoms with Gasteiger partial charge in [-0.1, -0.05) is 36.4 Å². The van der Waals surface area contributed by atoms with Crippen LogP contribution in [0.25, 0.3) is 0 Å². The van der Waals surface area contributed by atoms with Gasteiger partial charge in [0, 0.05) is 50.6 Å². The lowest BCUT2D eigenvalue weighted by atomic mass is 10.0. The maximum Gasteiger partial charge on any atom is 0.221 e. The molecule has 1 aromatic heterocycles. The third-order valence-electron chi connectivity index (χ3n) is 7.29. The lowest BCUT2D eigenvalue weighted by Gasteiger charge is -2.35. The molecular weight excluding hydrogens is 481 g/mol. The van der Waals surface area contributed by atoms with Crippen molar-refractivity contribution in [1.82, 2.24) is 19.1 Å². The van der Waals surface area contributed by atoms with Crippen molar-refractivity contribution < 1.29 is 17.5 Å². The molecule has 3 heterocycles. The molecule has 1 unspecified atom stereocenters. The summed E-state index contributed by atoms with van der Waals surface area (Å²) in [4.78, 5) is 2.17. The zero-order chi connectivity index (χ0) is 25.1. The van der Waals surface area contributed by atoms with Crippen LogP contribution in [0.5, 0.6) is 0 Å². The number of hydrogen-bond donors (Lipinski definition) is 0. The van der Waals surface area contributed by atoms with Crippen LogP contribution in [0.2, 0.25) is 0 Å². The van der Waals surface area contributed by atoms with Gasteiger partial charge in [-0.25, -0.2) is 12.8 Å². The van der Waals surface area contributed by atoms with Crippen molar-refractivity contribution in [3.8, 4) is 0 Å². The number of halogens is 1. The first-order valence-corrected chi connectivity index (χ1v) is 13.9. The average Bonchev–Trinajstić information content (AvgIpc) is 3.35. The molecule has 1 atom stereocenters. The second-order valence-corrected chi connectivity index (χ2v) is 11.6. The molecule has 192 valence electrons. The first-order chi connectivity index (χ1) is 17.5. The monoisotopic (exact) mass is 513 g/mol. The second-order valence-electron chi connectivity index (χ2n) is 9.50. The molecule has 0 radical (unpaired) electrons. The van der Waals surface area contributed by atoms with Crippen LogP contribution in [0.3, 0.4) is 0 Å². The van der Waals surface area contributed by atoms with Gasteiger partial charge in [-0.05, 0) is 43.4 Å². The minimum Gasteiger partial charge on any atom is -0.377 e. The summed E-state index contributed by atoms with van der Waals surface area (Å²) < 4.78 is 50.5. The van der Waals surface area contributed by atoms with Gasteiger partial charge in [0.25, 0.3) is 0 Å². The van der Waals surface area contributed by atoms with E-state index in [9.17, 15) is 8.42 Å².